The van der Waals surface area contributed by atoms with Crippen molar-refractivity contribution < 1.29 is 9.84 Å². The molecule has 0 unspecified atom stereocenters. The molecule has 0 bridgehead atoms. The Morgan fingerprint density at radius 1 is 0.966 bits per heavy atom. The molecule has 2 atom stereocenters. The Hall–Kier alpha value is -2.52. The number of hydrogen-bond donors (Lipinski definition) is 1. The van der Waals surface area contributed by atoms with Gasteiger partial charge in [0.2, 0.25) is 5.95 Å². The van der Waals surface area contributed by atoms with Gasteiger partial charge in [0, 0.05) is 57.1 Å². The van der Waals surface area contributed by atoms with E-state index < -0.39 is 0 Å². The number of aromatic nitrogens is 4. The summed E-state index contributed by atoms with van der Waals surface area (Å²) in [6.45, 7) is 9.27. The monoisotopic (exact) mass is 399 g/mol. The summed E-state index contributed by atoms with van der Waals surface area (Å²) in [5, 5.41) is 9.18. The van der Waals surface area contributed by atoms with Gasteiger partial charge in [0.05, 0.1) is 19.8 Å². The lowest BCUT2D eigenvalue weighted by Gasteiger charge is -2.45. The van der Waals surface area contributed by atoms with E-state index in [0.717, 1.165) is 57.0 Å². The Balaban J connectivity index is 1.50. The van der Waals surface area contributed by atoms with Crippen LogP contribution in [0.3, 0.4) is 0 Å². The number of nitrogens with zero attached hydrogens (tertiary/aromatic N) is 7. The standard InChI is InChI=1S/C20H29N7O2/c1-15-13-26(18-3-7-22-20(24-18)25-8-11-29-12-9-25)14-16(2)27(15)19-4-6-21-17(23-19)5-10-28/h3-4,6-7,15-16,28H,5,8-14H2,1-2H3/t15-,16+. The Labute approximate surface area is 171 Å². The zero-order valence-electron chi connectivity index (χ0n) is 17.1. The fourth-order valence-corrected chi connectivity index (χ4v) is 4.15. The first kappa shape index (κ1) is 19.8. The first-order chi connectivity index (χ1) is 14.2. The van der Waals surface area contributed by atoms with E-state index in [1.54, 1.807) is 6.20 Å². The Bertz CT molecular complexity index is 803. The SMILES string of the molecule is C[C@@H]1CN(c2ccnc(N3CCOCC3)n2)C[C@H](C)N1c1ccnc(CCO)n1. The van der Waals surface area contributed by atoms with Gasteiger partial charge in [-0.15, -0.1) is 0 Å². The molecule has 9 nitrogen and oxygen atoms in total. The number of aliphatic hydroxyl groups is 1. The van der Waals surface area contributed by atoms with Gasteiger partial charge in [0.15, 0.2) is 0 Å². The van der Waals surface area contributed by atoms with E-state index in [9.17, 15) is 5.11 Å². The lowest BCUT2D eigenvalue weighted by Crippen LogP contribution is -2.57. The fourth-order valence-electron chi connectivity index (χ4n) is 4.15. The highest BCUT2D eigenvalue weighted by atomic mass is 16.5. The van der Waals surface area contributed by atoms with E-state index in [0.29, 0.717) is 12.2 Å². The molecule has 4 rings (SSSR count). The van der Waals surface area contributed by atoms with Crippen LogP contribution in [0, 0.1) is 0 Å². The number of rotatable bonds is 5. The topological polar surface area (TPSA) is 90.7 Å². The van der Waals surface area contributed by atoms with E-state index >= 15 is 0 Å². The van der Waals surface area contributed by atoms with Crippen LogP contribution in [0.5, 0.6) is 0 Å². The molecule has 2 saturated heterocycles. The molecule has 0 radical (unpaired) electrons. The fraction of sp³-hybridized carbons (Fsp3) is 0.600. The summed E-state index contributed by atoms with van der Waals surface area (Å²) < 4.78 is 5.44. The number of ether oxygens (including phenoxy) is 1. The van der Waals surface area contributed by atoms with Crippen LogP contribution >= 0.6 is 0 Å². The number of piperazine rings is 1. The van der Waals surface area contributed by atoms with E-state index in [2.05, 4.69) is 43.5 Å². The van der Waals surface area contributed by atoms with Crippen LogP contribution in [0.4, 0.5) is 17.6 Å². The van der Waals surface area contributed by atoms with Gasteiger partial charge in [0.25, 0.3) is 0 Å². The van der Waals surface area contributed by atoms with Gasteiger partial charge in [-0.25, -0.2) is 15.0 Å². The Morgan fingerprint density at radius 2 is 1.66 bits per heavy atom. The summed E-state index contributed by atoms with van der Waals surface area (Å²) in [5.74, 6) is 3.33. The van der Waals surface area contributed by atoms with Crippen LogP contribution in [-0.2, 0) is 11.2 Å². The summed E-state index contributed by atoms with van der Waals surface area (Å²) in [6.07, 6.45) is 4.10. The van der Waals surface area contributed by atoms with Crippen LogP contribution in [0.1, 0.15) is 19.7 Å². The molecule has 2 aliphatic rings. The first-order valence-corrected chi connectivity index (χ1v) is 10.3. The van der Waals surface area contributed by atoms with Crippen LogP contribution < -0.4 is 14.7 Å². The predicted octanol–water partition coefficient (Wildman–Crippen LogP) is 0.742. The molecule has 2 aromatic heterocycles. The normalized spacial score (nSPS) is 22.8. The van der Waals surface area contributed by atoms with Crippen molar-refractivity contribution in [3.63, 3.8) is 0 Å². The third-order valence-corrected chi connectivity index (χ3v) is 5.46. The van der Waals surface area contributed by atoms with Crippen LogP contribution in [0.25, 0.3) is 0 Å². The molecule has 4 heterocycles. The second-order valence-electron chi connectivity index (χ2n) is 7.63. The maximum Gasteiger partial charge on any atom is 0.227 e. The van der Waals surface area contributed by atoms with Gasteiger partial charge in [-0.2, -0.15) is 4.98 Å². The number of morpholine rings is 1. The second-order valence-corrected chi connectivity index (χ2v) is 7.63. The highest BCUT2D eigenvalue weighted by Crippen LogP contribution is 2.26. The zero-order valence-corrected chi connectivity index (χ0v) is 17.1. The van der Waals surface area contributed by atoms with E-state index in [4.69, 9.17) is 9.72 Å². The maximum atomic E-state index is 9.18. The summed E-state index contributed by atoms with van der Waals surface area (Å²) in [7, 11) is 0. The van der Waals surface area contributed by atoms with Crippen molar-refractivity contribution in [2.24, 2.45) is 0 Å². The van der Waals surface area contributed by atoms with Gasteiger partial charge in [-0.3, -0.25) is 0 Å². The number of hydrogen-bond acceptors (Lipinski definition) is 9. The number of anilines is 3. The minimum atomic E-state index is 0.0571. The molecule has 2 aromatic rings. The molecule has 0 spiro atoms. The van der Waals surface area contributed by atoms with Gasteiger partial charge < -0.3 is 24.5 Å². The molecule has 2 aliphatic heterocycles. The molecule has 156 valence electrons. The summed E-state index contributed by atoms with van der Waals surface area (Å²) in [6, 6.07) is 4.46. The van der Waals surface area contributed by atoms with Crippen molar-refractivity contribution in [2.75, 3.05) is 60.7 Å². The van der Waals surface area contributed by atoms with Crippen molar-refractivity contribution in [1.82, 2.24) is 19.9 Å². The van der Waals surface area contributed by atoms with Crippen molar-refractivity contribution in [2.45, 2.75) is 32.4 Å². The average molecular weight is 399 g/mol. The summed E-state index contributed by atoms with van der Waals surface area (Å²) in [4.78, 5) is 25.1. The molecule has 0 amide bonds. The number of aliphatic hydroxyl groups excluding tert-OH is 1. The summed E-state index contributed by atoms with van der Waals surface area (Å²) >= 11 is 0. The lowest BCUT2D eigenvalue weighted by molar-refractivity contribution is 0.122. The third-order valence-electron chi connectivity index (χ3n) is 5.46. The van der Waals surface area contributed by atoms with Crippen LogP contribution in [0.2, 0.25) is 0 Å². The predicted molar refractivity (Wildman–Crippen MR) is 112 cm³/mol. The van der Waals surface area contributed by atoms with Gasteiger partial charge in [-0.1, -0.05) is 0 Å². The Morgan fingerprint density at radius 3 is 2.38 bits per heavy atom. The second kappa shape index (κ2) is 8.87. The van der Waals surface area contributed by atoms with Crippen LogP contribution in [0.15, 0.2) is 24.5 Å². The van der Waals surface area contributed by atoms with Gasteiger partial charge in [0.1, 0.15) is 17.5 Å². The van der Waals surface area contributed by atoms with Crippen molar-refractivity contribution in [1.29, 1.82) is 0 Å². The molecule has 0 saturated carbocycles. The van der Waals surface area contributed by atoms with Crippen molar-refractivity contribution in [3.8, 4) is 0 Å². The van der Waals surface area contributed by atoms with E-state index in [-0.39, 0.29) is 18.7 Å². The minimum Gasteiger partial charge on any atom is -0.396 e. The zero-order chi connectivity index (χ0) is 20.2. The highest BCUT2D eigenvalue weighted by molar-refractivity contribution is 5.49. The Kier molecular flexibility index (Phi) is 6.05. The van der Waals surface area contributed by atoms with E-state index in [1.807, 2.05) is 18.3 Å². The largest absolute Gasteiger partial charge is 0.396 e. The highest BCUT2D eigenvalue weighted by Gasteiger charge is 2.31. The lowest BCUT2D eigenvalue weighted by atomic mass is 10.1. The average Bonchev–Trinajstić information content (AvgIpc) is 2.74. The molecule has 29 heavy (non-hydrogen) atoms. The van der Waals surface area contributed by atoms with Crippen molar-refractivity contribution >= 4 is 17.6 Å². The molecule has 2 fully saturated rings. The minimum absolute atomic E-state index is 0.0571. The van der Waals surface area contributed by atoms with Crippen LogP contribution in [-0.4, -0.2) is 83.1 Å². The molecule has 9 heteroatoms. The molecular formula is C20H29N7O2. The third kappa shape index (κ3) is 4.40. The molecular weight excluding hydrogens is 370 g/mol. The smallest absolute Gasteiger partial charge is 0.227 e. The van der Waals surface area contributed by atoms with Gasteiger partial charge in [-0.05, 0) is 26.0 Å². The first-order valence-electron chi connectivity index (χ1n) is 10.3. The van der Waals surface area contributed by atoms with Crippen molar-refractivity contribution in [3.05, 3.63) is 30.4 Å². The molecule has 1 N–H and O–H groups in total. The maximum absolute atomic E-state index is 9.18. The van der Waals surface area contributed by atoms with E-state index in [1.165, 1.54) is 0 Å². The quantitative estimate of drug-likeness (QED) is 0.782. The van der Waals surface area contributed by atoms with Gasteiger partial charge >= 0.3 is 0 Å². The molecule has 0 aliphatic carbocycles. The summed E-state index contributed by atoms with van der Waals surface area (Å²) in [5.41, 5.74) is 0. The molecule has 0 aromatic carbocycles.